The van der Waals surface area contributed by atoms with Crippen LogP contribution in [0.1, 0.15) is 30.0 Å². The third-order valence-electron chi connectivity index (χ3n) is 3.45. The molecular weight excluding hydrogens is 258 g/mol. The van der Waals surface area contributed by atoms with Crippen molar-refractivity contribution < 1.29 is 19.4 Å². The molecule has 0 spiro atoms. The van der Waals surface area contributed by atoms with Crippen LogP contribution in [-0.2, 0) is 9.53 Å². The summed E-state index contributed by atoms with van der Waals surface area (Å²) in [5, 5.41) is 9.23. The van der Waals surface area contributed by atoms with Crippen molar-refractivity contribution in [1.29, 1.82) is 0 Å². The van der Waals surface area contributed by atoms with Gasteiger partial charge >= 0.3 is 12.1 Å². The first-order valence-electron chi connectivity index (χ1n) is 6.48. The quantitative estimate of drug-likeness (QED) is 0.680. The Morgan fingerprint density at radius 3 is 2.85 bits per heavy atom. The monoisotopic (exact) mass is 275 g/mol. The minimum Gasteiger partial charge on any atom is -0.466 e. The van der Waals surface area contributed by atoms with Crippen molar-refractivity contribution in [2.45, 2.75) is 18.9 Å². The zero-order chi connectivity index (χ0) is 14.5. The Labute approximate surface area is 117 Å². The molecule has 5 heteroatoms. The number of methoxy groups -OCH3 is 1. The normalized spacial score (nSPS) is 18.4. The summed E-state index contributed by atoms with van der Waals surface area (Å²) in [6.45, 7) is 0.551. The number of ether oxygens (including phenoxy) is 1. The molecule has 2 rings (SSSR count). The molecule has 1 fully saturated rings. The Morgan fingerprint density at radius 2 is 2.15 bits per heavy atom. The van der Waals surface area contributed by atoms with Crippen LogP contribution in [0.4, 0.5) is 4.79 Å². The van der Waals surface area contributed by atoms with Crippen molar-refractivity contribution in [3.63, 3.8) is 0 Å². The maximum Gasteiger partial charge on any atom is 0.407 e. The zero-order valence-electron chi connectivity index (χ0n) is 11.3. The molecule has 1 amide bonds. The predicted octanol–water partition coefficient (Wildman–Crippen LogP) is 2.69. The van der Waals surface area contributed by atoms with E-state index in [0.29, 0.717) is 6.54 Å². The van der Waals surface area contributed by atoms with E-state index in [1.54, 1.807) is 6.08 Å². The molecule has 0 aromatic heterocycles. The predicted molar refractivity (Wildman–Crippen MR) is 74.2 cm³/mol. The van der Waals surface area contributed by atoms with E-state index in [-0.39, 0.29) is 6.04 Å². The largest absolute Gasteiger partial charge is 0.466 e. The second-order valence-electron chi connectivity index (χ2n) is 4.62. The van der Waals surface area contributed by atoms with Gasteiger partial charge in [0.25, 0.3) is 0 Å². The fraction of sp³-hybridized carbons (Fsp3) is 0.333. The molecule has 1 atom stereocenters. The summed E-state index contributed by atoms with van der Waals surface area (Å²) < 4.78 is 4.57. The highest BCUT2D eigenvalue weighted by Gasteiger charge is 2.30. The lowest BCUT2D eigenvalue weighted by Crippen LogP contribution is -2.29. The van der Waals surface area contributed by atoms with Crippen LogP contribution in [0.15, 0.2) is 30.3 Å². The molecule has 0 saturated carbocycles. The number of nitrogens with zero attached hydrogens (tertiary/aromatic N) is 1. The Balaban J connectivity index is 2.30. The highest BCUT2D eigenvalue weighted by Crippen LogP contribution is 2.34. The van der Waals surface area contributed by atoms with Gasteiger partial charge in [-0.2, -0.15) is 0 Å². The summed E-state index contributed by atoms with van der Waals surface area (Å²) in [6.07, 6.45) is 3.76. The average molecular weight is 275 g/mol. The molecule has 1 unspecified atom stereocenters. The van der Waals surface area contributed by atoms with Crippen molar-refractivity contribution in [3.8, 4) is 0 Å². The first kappa shape index (κ1) is 14.1. The fourth-order valence-electron chi connectivity index (χ4n) is 2.51. The van der Waals surface area contributed by atoms with E-state index in [1.165, 1.54) is 18.1 Å². The van der Waals surface area contributed by atoms with Gasteiger partial charge in [-0.15, -0.1) is 0 Å². The van der Waals surface area contributed by atoms with Gasteiger partial charge in [0.05, 0.1) is 13.2 Å². The molecule has 20 heavy (non-hydrogen) atoms. The van der Waals surface area contributed by atoms with E-state index in [0.717, 1.165) is 24.0 Å². The summed E-state index contributed by atoms with van der Waals surface area (Å²) in [4.78, 5) is 23.9. The molecule has 1 aliphatic heterocycles. The molecule has 0 radical (unpaired) electrons. The Bertz CT molecular complexity index is 538. The summed E-state index contributed by atoms with van der Waals surface area (Å²) in [5.74, 6) is -0.429. The van der Waals surface area contributed by atoms with Gasteiger partial charge in [0.1, 0.15) is 0 Å². The van der Waals surface area contributed by atoms with Crippen LogP contribution >= 0.6 is 0 Å². The summed E-state index contributed by atoms with van der Waals surface area (Å²) >= 11 is 0. The molecular formula is C15H17NO4. The number of likely N-dealkylation sites (tertiary alicyclic amines) is 1. The number of carbonyl (C=O) groups excluding carboxylic acids is 1. The second kappa shape index (κ2) is 6.23. The molecule has 0 aliphatic carbocycles. The third-order valence-corrected chi connectivity index (χ3v) is 3.45. The minimum atomic E-state index is -0.903. The maximum atomic E-state index is 11.2. The van der Waals surface area contributed by atoms with Gasteiger partial charge in [0.15, 0.2) is 0 Å². The molecule has 1 aromatic rings. The van der Waals surface area contributed by atoms with Crippen LogP contribution in [0, 0.1) is 0 Å². The van der Waals surface area contributed by atoms with Gasteiger partial charge in [-0.1, -0.05) is 24.3 Å². The van der Waals surface area contributed by atoms with Crippen molar-refractivity contribution in [2.24, 2.45) is 0 Å². The number of hydrogen-bond acceptors (Lipinski definition) is 3. The molecule has 5 nitrogen and oxygen atoms in total. The van der Waals surface area contributed by atoms with E-state index in [9.17, 15) is 14.7 Å². The molecule has 1 N–H and O–H groups in total. The lowest BCUT2D eigenvalue weighted by Gasteiger charge is -2.23. The molecule has 1 heterocycles. The van der Waals surface area contributed by atoms with E-state index in [1.807, 2.05) is 24.3 Å². The van der Waals surface area contributed by atoms with E-state index in [4.69, 9.17) is 0 Å². The smallest absolute Gasteiger partial charge is 0.407 e. The first-order chi connectivity index (χ1) is 9.63. The average Bonchev–Trinajstić information content (AvgIpc) is 2.94. The molecule has 1 aromatic carbocycles. The third kappa shape index (κ3) is 2.99. The molecule has 106 valence electrons. The van der Waals surface area contributed by atoms with Crippen LogP contribution in [0.2, 0.25) is 0 Å². The molecule has 1 aliphatic rings. The van der Waals surface area contributed by atoms with E-state index in [2.05, 4.69) is 4.74 Å². The SMILES string of the molecule is COC(=O)C=Cc1ccccc1C1CCCN1C(=O)O. The fourth-order valence-corrected chi connectivity index (χ4v) is 2.51. The Kier molecular flexibility index (Phi) is 4.40. The summed E-state index contributed by atoms with van der Waals surface area (Å²) in [6, 6.07) is 7.37. The van der Waals surface area contributed by atoms with Crippen molar-refractivity contribution in [3.05, 3.63) is 41.5 Å². The molecule has 0 bridgehead atoms. The number of rotatable bonds is 3. The van der Waals surface area contributed by atoms with Crippen molar-refractivity contribution in [2.75, 3.05) is 13.7 Å². The highest BCUT2D eigenvalue weighted by atomic mass is 16.5. The van der Waals surface area contributed by atoms with Gasteiger partial charge in [0, 0.05) is 12.6 Å². The Hall–Kier alpha value is -2.30. The summed E-state index contributed by atoms with van der Waals surface area (Å²) in [5.41, 5.74) is 1.77. The number of carbonyl (C=O) groups is 2. The van der Waals surface area contributed by atoms with Crippen LogP contribution in [0.5, 0.6) is 0 Å². The topological polar surface area (TPSA) is 66.8 Å². The minimum absolute atomic E-state index is 0.147. The number of carboxylic acid groups (broad SMARTS) is 1. The highest BCUT2D eigenvalue weighted by molar-refractivity contribution is 5.87. The Morgan fingerprint density at radius 1 is 1.40 bits per heavy atom. The van der Waals surface area contributed by atoms with Gasteiger partial charge in [-0.25, -0.2) is 9.59 Å². The van der Waals surface area contributed by atoms with E-state index >= 15 is 0 Å². The van der Waals surface area contributed by atoms with Crippen molar-refractivity contribution >= 4 is 18.1 Å². The van der Waals surface area contributed by atoms with Crippen LogP contribution < -0.4 is 0 Å². The van der Waals surface area contributed by atoms with Gasteiger partial charge in [-0.3, -0.25) is 0 Å². The van der Waals surface area contributed by atoms with Crippen molar-refractivity contribution in [1.82, 2.24) is 4.90 Å². The number of hydrogen-bond donors (Lipinski definition) is 1. The van der Waals surface area contributed by atoms with Gasteiger partial charge < -0.3 is 14.7 Å². The lowest BCUT2D eigenvalue weighted by atomic mass is 9.98. The van der Waals surface area contributed by atoms with Crippen LogP contribution in [0.3, 0.4) is 0 Å². The maximum absolute atomic E-state index is 11.2. The number of benzene rings is 1. The van der Waals surface area contributed by atoms with Gasteiger partial charge in [0.2, 0.25) is 0 Å². The molecule has 1 saturated heterocycles. The number of amides is 1. The number of esters is 1. The summed E-state index contributed by atoms with van der Waals surface area (Å²) in [7, 11) is 1.32. The van der Waals surface area contributed by atoms with E-state index < -0.39 is 12.1 Å². The zero-order valence-corrected chi connectivity index (χ0v) is 11.3. The standard InChI is InChI=1S/C15H17NO4/c1-20-14(17)9-8-11-5-2-3-6-12(11)13-7-4-10-16(13)15(18)19/h2-3,5-6,8-9,13H,4,7,10H2,1H3,(H,18,19). The second-order valence-corrected chi connectivity index (χ2v) is 4.62. The first-order valence-corrected chi connectivity index (χ1v) is 6.48. The van der Waals surface area contributed by atoms with Crippen LogP contribution in [0.25, 0.3) is 6.08 Å². The lowest BCUT2D eigenvalue weighted by molar-refractivity contribution is -0.134. The van der Waals surface area contributed by atoms with Gasteiger partial charge in [-0.05, 0) is 30.0 Å². The van der Waals surface area contributed by atoms with Crippen LogP contribution in [-0.4, -0.2) is 35.7 Å².